The molecule has 5 rings (SSSR count). The zero-order valence-corrected chi connectivity index (χ0v) is 18.6. The number of imidazole rings is 2. The molecule has 4 heterocycles. The number of nitrogens with zero attached hydrogens (tertiary/aromatic N) is 5. The van der Waals surface area contributed by atoms with Gasteiger partial charge in [-0.2, -0.15) is 4.98 Å². The number of hydrogen-bond donors (Lipinski definition) is 0. The van der Waals surface area contributed by atoms with Crippen molar-refractivity contribution in [3.05, 3.63) is 74.2 Å². The van der Waals surface area contributed by atoms with Gasteiger partial charge in [0.1, 0.15) is 0 Å². The minimum Gasteiger partial charge on any atom is -0.376 e. The molecule has 8 heteroatoms. The van der Waals surface area contributed by atoms with Gasteiger partial charge in [0.25, 0.3) is 5.56 Å². The van der Waals surface area contributed by atoms with Crippen LogP contribution in [0.15, 0.2) is 46.0 Å². The number of aromatic nitrogens is 5. The highest BCUT2D eigenvalue weighted by Gasteiger charge is 2.24. The quantitative estimate of drug-likeness (QED) is 0.485. The van der Waals surface area contributed by atoms with Crippen molar-refractivity contribution in [2.45, 2.75) is 45.9 Å². The Bertz CT molecular complexity index is 1450. The van der Waals surface area contributed by atoms with Gasteiger partial charge in [-0.05, 0) is 32.3 Å². The largest absolute Gasteiger partial charge is 0.376 e. The summed E-state index contributed by atoms with van der Waals surface area (Å²) in [6.07, 6.45) is 5.97. The van der Waals surface area contributed by atoms with Crippen LogP contribution < -0.4 is 11.2 Å². The molecule has 3 aromatic heterocycles. The molecule has 0 N–H and O–H groups in total. The van der Waals surface area contributed by atoms with E-state index in [1.54, 1.807) is 7.05 Å². The predicted molar refractivity (Wildman–Crippen MR) is 124 cm³/mol. The molecule has 1 unspecified atom stereocenters. The lowest BCUT2D eigenvalue weighted by molar-refractivity contribution is 0.0974. The SMILES string of the molecule is Cc1c(C)n2c3c(=O)n(C/C=C/c4ccccc4)c(=O)n(C)c3nc2n1CC1CCCO1. The van der Waals surface area contributed by atoms with Crippen LogP contribution in [0.5, 0.6) is 0 Å². The highest BCUT2D eigenvalue weighted by Crippen LogP contribution is 2.23. The fraction of sp³-hybridized carbons (Fsp3) is 0.375. The fourth-order valence-corrected chi connectivity index (χ4v) is 4.54. The Morgan fingerprint density at radius 3 is 2.62 bits per heavy atom. The molecule has 1 aliphatic rings. The van der Waals surface area contributed by atoms with E-state index >= 15 is 0 Å². The van der Waals surface area contributed by atoms with Gasteiger partial charge in [-0.1, -0.05) is 42.5 Å². The predicted octanol–water partition coefficient (Wildman–Crippen LogP) is 2.66. The van der Waals surface area contributed by atoms with Crippen LogP contribution >= 0.6 is 0 Å². The number of allylic oxidation sites excluding steroid dienone is 1. The zero-order valence-electron chi connectivity index (χ0n) is 18.6. The van der Waals surface area contributed by atoms with Gasteiger partial charge >= 0.3 is 5.69 Å². The second kappa shape index (κ2) is 7.94. The number of benzene rings is 1. The molecule has 8 nitrogen and oxygen atoms in total. The number of ether oxygens (including phenoxy) is 1. The molecule has 32 heavy (non-hydrogen) atoms. The van der Waals surface area contributed by atoms with Crippen molar-refractivity contribution in [2.24, 2.45) is 7.05 Å². The molecule has 4 aromatic rings. The molecule has 1 fully saturated rings. The van der Waals surface area contributed by atoms with E-state index in [1.807, 2.05) is 60.7 Å². The van der Waals surface area contributed by atoms with Crippen molar-refractivity contribution < 1.29 is 4.74 Å². The van der Waals surface area contributed by atoms with Crippen LogP contribution in [0.3, 0.4) is 0 Å². The van der Waals surface area contributed by atoms with Crippen LogP contribution in [-0.2, 0) is 24.9 Å². The van der Waals surface area contributed by atoms with E-state index in [0.717, 1.165) is 36.4 Å². The van der Waals surface area contributed by atoms with Crippen LogP contribution in [-0.4, -0.2) is 35.8 Å². The van der Waals surface area contributed by atoms with Gasteiger partial charge in [0.05, 0.1) is 12.6 Å². The molecule has 1 aliphatic heterocycles. The minimum absolute atomic E-state index is 0.146. The van der Waals surface area contributed by atoms with Crippen molar-refractivity contribution in [2.75, 3.05) is 6.61 Å². The first-order valence-electron chi connectivity index (χ1n) is 11.0. The molecule has 166 valence electrons. The molecule has 1 aromatic carbocycles. The summed E-state index contributed by atoms with van der Waals surface area (Å²) >= 11 is 0. The monoisotopic (exact) mass is 433 g/mol. The normalized spacial score (nSPS) is 16.8. The van der Waals surface area contributed by atoms with Gasteiger partial charge in [0.2, 0.25) is 5.78 Å². The Hall–Kier alpha value is -3.39. The van der Waals surface area contributed by atoms with Crippen LogP contribution in [0, 0.1) is 13.8 Å². The lowest BCUT2D eigenvalue weighted by Crippen LogP contribution is -2.39. The summed E-state index contributed by atoms with van der Waals surface area (Å²) in [4.78, 5) is 31.2. The Balaban J connectivity index is 1.64. The van der Waals surface area contributed by atoms with E-state index in [9.17, 15) is 9.59 Å². The van der Waals surface area contributed by atoms with E-state index < -0.39 is 0 Å². The third-order valence-corrected chi connectivity index (χ3v) is 6.44. The van der Waals surface area contributed by atoms with Crippen molar-refractivity contribution in [1.29, 1.82) is 0 Å². The van der Waals surface area contributed by atoms with E-state index in [2.05, 4.69) is 4.57 Å². The molecular formula is C24H27N5O3. The standard InChI is InChI=1S/C24H27N5O3/c1-16-17(2)29-20-21(25-23(29)28(16)15-19-12-8-14-32-19)26(3)24(31)27(22(20)30)13-7-11-18-9-5-4-6-10-18/h4-7,9-11,19H,8,12-15H2,1-3H3/b11-7+. The maximum atomic E-state index is 13.5. The highest BCUT2D eigenvalue weighted by molar-refractivity contribution is 5.76. The molecule has 0 radical (unpaired) electrons. The average Bonchev–Trinajstić information content (AvgIpc) is 3.50. The maximum Gasteiger partial charge on any atom is 0.332 e. The molecule has 0 bridgehead atoms. The van der Waals surface area contributed by atoms with Gasteiger partial charge in [0, 0.05) is 31.6 Å². The summed E-state index contributed by atoms with van der Waals surface area (Å²) in [7, 11) is 1.67. The Morgan fingerprint density at radius 2 is 1.91 bits per heavy atom. The number of hydrogen-bond acceptors (Lipinski definition) is 4. The Kier molecular flexibility index (Phi) is 5.09. The number of fused-ring (bicyclic) bond motifs is 3. The average molecular weight is 434 g/mol. The second-order valence-electron chi connectivity index (χ2n) is 8.41. The van der Waals surface area contributed by atoms with Crippen molar-refractivity contribution in [3.8, 4) is 0 Å². The van der Waals surface area contributed by atoms with E-state index in [1.165, 1.54) is 9.13 Å². The minimum atomic E-state index is -0.374. The molecule has 0 spiro atoms. The Morgan fingerprint density at radius 1 is 1.12 bits per heavy atom. The zero-order chi connectivity index (χ0) is 22.4. The molecule has 1 saturated heterocycles. The number of rotatable bonds is 5. The van der Waals surface area contributed by atoms with Crippen molar-refractivity contribution >= 4 is 23.0 Å². The van der Waals surface area contributed by atoms with E-state index in [4.69, 9.17) is 9.72 Å². The fourth-order valence-electron chi connectivity index (χ4n) is 4.54. The van der Waals surface area contributed by atoms with E-state index in [-0.39, 0.29) is 23.9 Å². The van der Waals surface area contributed by atoms with Crippen LogP contribution in [0.4, 0.5) is 0 Å². The Labute approximate surface area is 185 Å². The summed E-state index contributed by atoms with van der Waals surface area (Å²) < 4.78 is 12.5. The summed E-state index contributed by atoms with van der Waals surface area (Å²) in [5.74, 6) is 0.676. The van der Waals surface area contributed by atoms with Crippen molar-refractivity contribution in [1.82, 2.24) is 23.1 Å². The van der Waals surface area contributed by atoms with Gasteiger partial charge in [0.15, 0.2) is 11.2 Å². The summed E-state index contributed by atoms with van der Waals surface area (Å²) in [6.45, 7) is 5.69. The molecule has 0 aliphatic carbocycles. The van der Waals surface area contributed by atoms with Gasteiger partial charge < -0.3 is 9.30 Å². The lowest BCUT2D eigenvalue weighted by atomic mass is 10.2. The third kappa shape index (κ3) is 3.22. The van der Waals surface area contributed by atoms with Gasteiger partial charge in [-0.25, -0.2) is 4.79 Å². The second-order valence-corrected chi connectivity index (χ2v) is 8.41. The number of aryl methyl sites for hydroxylation is 2. The molecule has 0 amide bonds. The van der Waals surface area contributed by atoms with Gasteiger partial charge in [-0.3, -0.25) is 18.3 Å². The third-order valence-electron chi connectivity index (χ3n) is 6.44. The first-order valence-corrected chi connectivity index (χ1v) is 11.0. The van der Waals surface area contributed by atoms with Crippen LogP contribution in [0.1, 0.15) is 29.8 Å². The molecule has 0 saturated carbocycles. The topological polar surface area (TPSA) is 75.5 Å². The van der Waals surface area contributed by atoms with Crippen LogP contribution in [0.25, 0.3) is 23.0 Å². The summed E-state index contributed by atoms with van der Waals surface area (Å²) in [5, 5.41) is 0. The highest BCUT2D eigenvalue weighted by atomic mass is 16.5. The smallest absolute Gasteiger partial charge is 0.332 e. The first-order chi connectivity index (χ1) is 15.5. The summed E-state index contributed by atoms with van der Waals surface area (Å²) in [5.41, 5.74) is 3.15. The van der Waals surface area contributed by atoms with Crippen LogP contribution in [0.2, 0.25) is 0 Å². The van der Waals surface area contributed by atoms with Gasteiger partial charge in [-0.15, -0.1) is 0 Å². The molecular weight excluding hydrogens is 406 g/mol. The van der Waals surface area contributed by atoms with E-state index in [0.29, 0.717) is 23.5 Å². The maximum absolute atomic E-state index is 13.5. The lowest BCUT2D eigenvalue weighted by Gasteiger charge is -2.12. The molecule has 1 atom stereocenters. The summed E-state index contributed by atoms with van der Waals surface area (Å²) in [6, 6.07) is 9.80. The first kappa shape index (κ1) is 20.5. The van der Waals surface area contributed by atoms with Crippen molar-refractivity contribution in [3.63, 3.8) is 0 Å².